The Balaban J connectivity index is 1.80. The van der Waals surface area contributed by atoms with Gasteiger partial charge in [-0.3, -0.25) is 14.2 Å². The Hall–Kier alpha value is -2.29. The molecule has 1 amide bonds. The number of nitrogens with one attached hydrogen (secondary N) is 1. The molecule has 0 saturated carbocycles. The minimum atomic E-state index is -4.48. The Bertz CT molecular complexity index is 940. The fraction of sp³-hybridized carbons (Fsp3) is 0.389. The second kappa shape index (κ2) is 7.38. The molecule has 1 aromatic carbocycles. The van der Waals surface area contributed by atoms with Crippen LogP contribution in [-0.4, -0.2) is 21.2 Å². The average Bonchev–Trinajstić information content (AvgIpc) is 2.61. The second-order valence-corrected chi connectivity index (χ2v) is 7.29. The number of nitrogens with zero attached hydrogens (tertiary/aromatic N) is 2. The van der Waals surface area contributed by atoms with E-state index in [2.05, 4.69) is 10.3 Å². The number of hydrogen-bond acceptors (Lipinski definition) is 4. The largest absolute Gasteiger partial charge is 0.416 e. The highest BCUT2D eigenvalue weighted by Gasteiger charge is 2.31. The van der Waals surface area contributed by atoms with Crippen LogP contribution >= 0.6 is 11.8 Å². The molecular formula is C18H18F3N3O2S. The standard InChI is InChI=1S/C18H18F3N3O2S/c1-3-14-10(2)22-17-24(16(14)26)8-11(9-27-17)15(25)23-13-6-4-5-12(7-13)18(19,20)21/h4-7,11H,3,8-9H2,1-2H3,(H,23,25). The summed E-state index contributed by atoms with van der Waals surface area (Å²) in [6.07, 6.45) is -3.93. The number of fused-ring (bicyclic) bond motifs is 1. The quantitative estimate of drug-likeness (QED) is 0.806. The van der Waals surface area contributed by atoms with E-state index in [9.17, 15) is 22.8 Å². The maximum Gasteiger partial charge on any atom is 0.416 e. The van der Waals surface area contributed by atoms with E-state index in [1.54, 1.807) is 6.92 Å². The number of alkyl halides is 3. The van der Waals surface area contributed by atoms with Crippen molar-refractivity contribution in [3.63, 3.8) is 0 Å². The first-order valence-corrected chi connectivity index (χ1v) is 9.40. The summed E-state index contributed by atoms with van der Waals surface area (Å²) in [6.45, 7) is 3.81. The summed E-state index contributed by atoms with van der Waals surface area (Å²) in [6, 6.07) is 4.49. The lowest BCUT2D eigenvalue weighted by Crippen LogP contribution is -2.38. The van der Waals surface area contributed by atoms with Crippen molar-refractivity contribution in [2.24, 2.45) is 5.92 Å². The molecule has 1 aliphatic rings. The number of rotatable bonds is 3. The first-order valence-electron chi connectivity index (χ1n) is 8.42. The Morgan fingerprint density at radius 2 is 2.15 bits per heavy atom. The summed E-state index contributed by atoms with van der Waals surface area (Å²) in [5.41, 5.74) is 0.386. The van der Waals surface area contributed by atoms with E-state index in [-0.39, 0.29) is 17.8 Å². The number of benzene rings is 1. The Morgan fingerprint density at radius 3 is 2.81 bits per heavy atom. The van der Waals surface area contributed by atoms with Crippen LogP contribution in [0.3, 0.4) is 0 Å². The van der Waals surface area contributed by atoms with Crippen molar-refractivity contribution in [1.29, 1.82) is 0 Å². The Labute approximate surface area is 158 Å². The van der Waals surface area contributed by atoms with Gasteiger partial charge in [0.05, 0.1) is 11.5 Å². The third-order valence-electron chi connectivity index (χ3n) is 4.43. The van der Waals surface area contributed by atoms with Gasteiger partial charge in [0.15, 0.2) is 5.16 Å². The van der Waals surface area contributed by atoms with Crippen LogP contribution in [-0.2, 0) is 23.9 Å². The van der Waals surface area contributed by atoms with E-state index in [1.165, 1.54) is 28.5 Å². The van der Waals surface area contributed by atoms with Crippen LogP contribution in [0.5, 0.6) is 0 Å². The molecule has 1 atom stereocenters. The Morgan fingerprint density at radius 1 is 1.41 bits per heavy atom. The first kappa shape index (κ1) is 19.5. The summed E-state index contributed by atoms with van der Waals surface area (Å²) in [5.74, 6) is -0.552. The van der Waals surface area contributed by atoms with Gasteiger partial charge in [0.25, 0.3) is 5.56 Å². The van der Waals surface area contributed by atoms with Crippen molar-refractivity contribution in [3.05, 3.63) is 51.4 Å². The molecular weight excluding hydrogens is 379 g/mol. The number of halogens is 3. The van der Waals surface area contributed by atoms with Crippen LogP contribution in [0.15, 0.2) is 34.2 Å². The van der Waals surface area contributed by atoms with E-state index < -0.39 is 23.6 Å². The van der Waals surface area contributed by atoms with Gasteiger partial charge in [-0.25, -0.2) is 4.98 Å². The zero-order valence-corrected chi connectivity index (χ0v) is 15.6. The number of amides is 1. The van der Waals surface area contributed by atoms with Gasteiger partial charge in [0.1, 0.15) is 0 Å². The van der Waals surface area contributed by atoms with Crippen molar-refractivity contribution < 1.29 is 18.0 Å². The predicted octanol–water partition coefficient (Wildman–Crippen LogP) is 3.49. The highest BCUT2D eigenvalue weighted by molar-refractivity contribution is 7.99. The molecule has 0 fully saturated rings. The van der Waals surface area contributed by atoms with Gasteiger partial charge < -0.3 is 5.32 Å². The summed E-state index contributed by atoms with van der Waals surface area (Å²) in [5, 5.41) is 3.09. The molecule has 3 rings (SSSR count). The van der Waals surface area contributed by atoms with Crippen LogP contribution in [0.4, 0.5) is 18.9 Å². The predicted molar refractivity (Wildman–Crippen MR) is 96.9 cm³/mol. The monoisotopic (exact) mass is 397 g/mol. The fourth-order valence-corrected chi connectivity index (χ4v) is 4.10. The smallest absolute Gasteiger partial charge is 0.326 e. The zero-order valence-electron chi connectivity index (χ0n) is 14.8. The molecule has 9 heteroatoms. The zero-order chi connectivity index (χ0) is 19.8. The molecule has 1 aliphatic heterocycles. The number of carbonyl (C=O) groups excluding carboxylic acids is 1. The van der Waals surface area contributed by atoms with Gasteiger partial charge in [-0.2, -0.15) is 13.2 Å². The summed E-state index contributed by atoms with van der Waals surface area (Å²) >= 11 is 1.30. The summed E-state index contributed by atoms with van der Waals surface area (Å²) in [4.78, 5) is 29.6. The molecule has 5 nitrogen and oxygen atoms in total. The molecule has 0 radical (unpaired) electrons. The van der Waals surface area contributed by atoms with Gasteiger partial charge >= 0.3 is 6.18 Å². The van der Waals surface area contributed by atoms with Crippen LogP contribution in [0.1, 0.15) is 23.7 Å². The number of thioether (sulfide) groups is 1. The molecule has 2 heterocycles. The first-order chi connectivity index (χ1) is 12.7. The maximum atomic E-state index is 12.8. The molecule has 27 heavy (non-hydrogen) atoms. The van der Waals surface area contributed by atoms with Crippen molar-refractivity contribution in [2.45, 2.75) is 38.1 Å². The van der Waals surface area contributed by atoms with Crippen LogP contribution in [0.2, 0.25) is 0 Å². The number of aryl methyl sites for hydroxylation is 1. The highest BCUT2D eigenvalue weighted by Crippen LogP contribution is 2.31. The number of carbonyl (C=O) groups is 1. The van der Waals surface area contributed by atoms with E-state index in [0.717, 1.165) is 12.1 Å². The normalized spacial score (nSPS) is 16.7. The van der Waals surface area contributed by atoms with E-state index in [0.29, 0.717) is 28.6 Å². The fourth-order valence-electron chi connectivity index (χ4n) is 2.98. The lowest BCUT2D eigenvalue weighted by Gasteiger charge is -2.25. The molecule has 2 aromatic rings. The summed E-state index contributed by atoms with van der Waals surface area (Å²) in [7, 11) is 0. The van der Waals surface area contributed by atoms with Gasteiger partial charge in [-0.1, -0.05) is 24.8 Å². The Kier molecular flexibility index (Phi) is 5.32. The molecule has 0 spiro atoms. The van der Waals surface area contributed by atoms with Gasteiger partial charge in [0.2, 0.25) is 5.91 Å². The van der Waals surface area contributed by atoms with E-state index in [4.69, 9.17) is 0 Å². The lowest BCUT2D eigenvalue weighted by molar-refractivity contribution is -0.137. The maximum absolute atomic E-state index is 12.8. The van der Waals surface area contributed by atoms with E-state index in [1.807, 2.05) is 6.92 Å². The van der Waals surface area contributed by atoms with Gasteiger partial charge in [-0.05, 0) is 31.5 Å². The minimum absolute atomic E-state index is 0.0780. The van der Waals surface area contributed by atoms with Gasteiger partial charge in [0, 0.05) is 29.2 Å². The molecule has 0 bridgehead atoms. The van der Waals surface area contributed by atoms with Crippen molar-refractivity contribution >= 4 is 23.4 Å². The van der Waals surface area contributed by atoms with Crippen LogP contribution in [0.25, 0.3) is 0 Å². The molecule has 0 saturated heterocycles. The molecule has 1 aromatic heterocycles. The topological polar surface area (TPSA) is 64.0 Å². The highest BCUT2D eigenvalue weighted by atomic mass is 32.2. The minimum Gasteiger partial charge on any atom is -0.326 e. The van der Waals surface area contributed by atoms with E-state index >= 15 is 0 Å². The third kappa shape index (κ3) is 4.02. The molecule has 1 unspecified atom stereocenters. The number of anilines is 1. The summed E-state index contributed by atoms with van der Waals surface area (Å²) < 4.78 is 39.9. The van der Waals surface area contributed by atoms with Gasteiger partial charge in [-0.15, -0.1) is 0 Å². The molecule has 0 aliphatic carbocycles. The lowest BCUT2D eigenvalue weighted by atomic mass is 10.1. The van der Waals surface area contributed by atoms with Crippen molar-refractivity contribution in [1.82, 2.24) is 9.55 Å². The number of aromatic nitrogens is 2. The third-order valence-corrected chi connectivity index (χ3v) is 5.57. The SMILES string of the molecule is CCc1c(C)nc2n(c1=O)CC(C(=O)Nc1cccc(C(F)(F)F)c1)CS2. The molecule has 1 N–H and O–H groups in total. The van der Waals surface area contributed by atoms with Crippen LogP contribution < -0.4 is 10.9 Å². The second-order valence-electron chi connectivity index (χ2n) is 6.30. The van der Waals surface area contributed by atoms with Crippen molar-refractivity contribution in [2.75, 3.05) is 11.1 Å². The molecule has 144 valence electrons. The van der Waals surface area contributed by atoms with Crippen LogP contribution in [0, 0.1) is 12.8 Å². The number of hydrogen-bond donors (Lipinski definition) is 1. The average molecular weight is 397 g/mol. The van der Waals surface area contributed by atoms with Crippen molar-refractivity contribution in [3.8, 4) is 0 Å².